The molecule has 0 saturated heterocycles. The van der Waals surface area contributed by atoms with Crippen LogP contribution in [0.5, 0.6) is 0 Å². The number of halogens is 1. The lowest BCUT2D eigenvalue weighted by Crippen LogP contribution is -2.36. The molecule has 1 aromatic carbocycles. The molecule has 0 radical (unpaired) electrons. The van der Waals surface area contributed by atoms with Gasteiger partial charge in [0.2, 0.25) is 0 Å². The highest BCUT2D eigenvalue weighted by Gasteiger charge is 2.35. The third-order valence-corrected chi connectivity index (χ3v) is 5.06. The Morgan fingerprint density at radius 2 is 2.08 bits per heavy atom. The fourth-order valence-electron chi connectivity index (χ4n) is 2.68. The summed E-state index contributed by atoms with van der Waals surface area (Å²) in [4.78, 5) is 15.3. The Balaban J connectivity index is 1.76. The van der Waals surface area contributed by atoms with Gasteiger partial charge in [-0.15, -0.1) is 11.3 Å². The number of hydrogen-bond donors (Lipinski definition) is 1. The fraction of sp³-hybridized carbons (Fsp3) is 0.389. The average molecular weight is 349 g/mol. The minimum atomic E-state index is -0.832. The number of hydrogen-bond acceptors (Lipinski definition) is 4. The highest BCUT2D eigenvalue weighted by atomic mass is 32.1. The van der Waals surface area contributed by atoms with Crippen LogP contribution < -0.4 is 0 Å². The van der Waals surface area contributed by atoms with Crippen molar-refractivity contribution in [3.8, 4) is 0 Å². The van der Waals surface area contributed by atoms with E-state index in [0.29, 0.717) is 17.0 Å². The molecule has 1 aliphatic carbocycles. The Morgan fingerprint density at radius 3 is 2.71 bits per heavy atom. The van der Waals surface area contributed by atoms with E-state index in [-0.39, 0.29) is 24.3 Å². The van der Waals surface area contributed by atoms with E-state index >= 15 is 0 Å². The molecule has 1 heterocycles. The summed E-state index contributed by atoms with van der Waals surface area (Å²) in [6.45, 7) is 0.600. The average Bonchev–Trinajstić information content (AvgIpc) is 3.31. The van der Waals surface area contributed by atoms with E-state index in [1.807, 2.05) is 11.4 Å². The van der Waals surface area contributed by atoms with E-state index in [1.54, 1.807) is 24.1 Å². The molecule has 1 atom stereocenters. The Labute approximate surface area is 144 Å². The molecule has 4 nitrogen and oxygen atoms in total. The summed E-state index contributed by atoms with van der Waals surface area (Å²) in [5, 5.41) is 12.3. The number of thiophene rings is 1. The monoisotopic (exact) mass is 349 g/mol. The van der Waals surface area contributed by atoms with Crippen LogP contribution in [0.1, 0.15) is 39.7 Å². The number of nitrogens with zero attached hydrogens (tertiary/aromatic N) is 1. The van der Waals surface area contributed by atoms with Crippen LogP contribution in [0.25, 0.3) is 0 Å². The van der Waals surface area contributed by atoms with Crippen LogP contribution in [0, 0.1) is 5.82 Å². The van der Waals surface area contributed by atoms with Gasteiger partial charge in [0.15, 0.2) is 0 Å². The van der Waals surface area contributed by atoms with Crippen LogP contribution in [0.15, 0.2) is 35.7 Å². The first-order valence-corrected chi connectivity index (χ1v) is 8.78. The second kappa shape index (κ2) is 7.42. The maximum atomic E-state index is 13.0. The van der Waals surface area contributed by atoms with Gasteiger partial charge in [0.25, 0.3) is 5.91 Å². The highest BCUT2D eigenvalue weighted by Crippen LogP contribution is 2.32. The fourth-order valence-corrected chi connectivity index (χ4v) is 3.55. The molecule has 6 heteroatoms. The number of carbonyl (C=O) groups is 1. The molecule has 1 aromatic heterocycles. The smallest absolute Gasteiger partial charge is 0.264 e. The maximum absolute atomic E-state index is 13.0. The van der Waals surface area contributed by atoms with Gasteiger partial charge in [-0.1, -0.05) is 12.1 Å². The number of aliphatic hydroxyl groups excluding tert-OH is 1. The number of amides is 1. The van der Waals surface area contributed by atoms with Crippen molar-refractivity contribution in [2.75, 3.05) is 13.7 Å². The van der Waals surface area contributed by atoms with Crippen molar-refractivity contribution in [2.24, 2.45) is 0 Å². The van der Waals surface area contributed by atoms with Gasteiger partial charge in [0.05, 0.1) is 24.1 Å². The van der Waals surface area contributed by atoms with Crippen molar-refractivity contribution in [3.63, 3.8) is 0 Å². The minimum Gasteiger partial charge on any atom is -0.387 e. The van der Waals surface area contributed by atoms with E-state index in [9.17, 15) is 14.3 Å². The summed E-state index contributed by atoms with van der Waals surface area (Å²) in [6.07, 6.45) is 1.07. The minimum absolute atomic E-state index is 0.0688. The Hall–Kier alpha value is -1.76. The largest absolute Gasteiger partial charge is 0.387 e. The number of methoxy groups -OCH3 is 1. The first kappa shape index (κ1) is 17.1. The summed E-state index contributed by atoms with van der Waals surface area (Å²) in [5.74, 6) is -0.412. The third-order valence-electron chi connectivity index (χ3n) is 4.11. The van der Waals surface area contributed by atoms with Crippen molar-refractivity contribution >= 4 is 17.2 Å². The molecular formula is C18H20FNO3S. The van der Waals surface area contributed by atoms with Gasteiger partial charge in [0.1, 0.15) is 5.82 Å². The topological polar surface area (TPSA) is 49.8 Å². The maximum Gasteiger partial charge on any atom is 0.264 e. The number of rotatable bonds is 7. The van der Waals surface area contributed by atoms with Gasteiger partial charge in [-0.25, -0.2) is 4.39 Å². The van der Waals surface area contributed by atoms with Crippen molar-refractivity contribution < 1.29 is 19.0 Å². The molecule has 1 unspecified atom stereocenters. The predicted molar refractivity (Wildman–Crippen MR) is 90.5 cm³/mol. The van der Waals surface area contributed by atoms with Crippen LogP contribution in [0.2, 0.25) is 0 Å². The van der Waals surface area contributed by atoms with Gasteiger partial charge in [-0.3, -0.25) is 4.79 Å². The van der Waals surface area contributed by atoms with Crippen LogP contribution >= 0.6 is 11.3 Å². The van der Waals surface area contributed by atoms with E-state index in [2.05, 4.69) is 0 Å². The molecule has 1 aliphatic rings. The summed E-state index contributed by atoms with van der Waals surface area (Å²) < 4.78 is 18.2. The van der Waals surface area contributed by atoms with Crippen molar-refractivity contribution in [2.45, 2.75) is 31.6 Å². The van der Waals surface area contributed by atoms with E-state index in [1.165, 1.54) is 23.5 Å². The van der Waals surface area contributed by atoms with Crippen molar-refractivity contribution in [1.82, 2.24) is 4.90 Å². The Bertz CT molecular complexity index is 697. The Morgan fingerprint density at radius 1 is 1.38 bits per heavy atom. The number of aliphatic hydroxyl groups is 1. The molecule has 1 fully saturated rings. The molecule has 1 N–H and O–H groups in total. The summed E-state index contributed by atoms with van der Waals surface area (Å²) >= 11 is 1.39. The molecule has 1 saturated carbocycles. The molecule has 2 aromatic rings. The van der Waals surface area contributed by atoms with E-state index < -0.39 is 6.10 Å². The quantitative estimate of drug-likeness (QED) is 0.834. The zero-order chi connectivity index (χ0) is 17.1. The van der Waals surface area contributed by atoms with Crippen LogP contribution in [-0.4, -0.2) is 35.6 Å². The Kier molecular flexibility index (Phi) is 5.28. The number of carbonyl (C=O) groups excluding carboxylic acids is 1. The van der Waals surface area contributed by atoms with E-state index in [0.717, 1.165) is 18.4 Å². The molecule has 3 rings (SSSR count). The second-order valence-corrected chi connectivity index (χ2v) is 6.88. The zero-order valence-corrected chi connectivity index (χ0v) is 14.3. The molecule has 24 heavy (non-hydrogen) atoms. The zero-order valence-electron chi connectivity index (χ0n) is 13.4. The number of benzene rings is 1. The number of ether oxygens (including phenoxy) is 1. The molecule has 0 spiro atoms. The lowest BCUT2D eigenvalue weighted by atomic mass is 10.1. The van der Waals surface area contributed by atoms with Gasteiger partial charge in [-0.2, -0.15) is 0 Å². The molecule has 0 bridgehead atoms. The molecule has 128 valence electrons. The van der Waals surface area contributed by atoms with Crippen molar-refractivity contribution in [1.29, 1.82) is 0 Å². The molecular weight excluding hydrogens is 329 g/mol. The predicted octanol–water partition coefficient (Wildman–Crippen LogP) is 3.37. The lowest BCUT2D eigenvalue weighted by Gasteiger charge is -2.25. The van der Waals surface area contributed by atoms with E-state index in [4.69, 9.17) is 4.74 Å². The highest BCUT2D eigenvalue weighted by molar-refractivity contribution is 7.12. The summed E-state index contributed by atoms with van der Waals surface area (Å²) in [7, 11) is 1.60. The lowest BCUT2D eigenvalue weighted by molar-refractivity contribution is 0.0604. The summed E-state index contributed by atoms with van der Waals surface area (Å²) in [6, 6.07) is 7.80. The van der Waals surface area contributed by atoms with Gasteiger partial charge in [0, 0.05) is 18.7 Å². The summed E-state index contributed by atoms with van der Waals surface area (Å²) in [5.41, 5.74) is 1.48. The van der Waals surface area contributed by atoms with Crippen LogP contribution in [-0.2, 0) is 11.3 Å². The van der Waals surface area contributed by atoms with Crippen molar-refractivity contribution in [3.05, 3.63) is 57.5 Å². The van der Waals surface area contributed by atoms with Gasteiger partial charge >= 0.3 is 0 Å². The SMILES string of the molecule is COCc1ccsc1C(=O)N(CC(O)c1ccc(F)cc1)C1CC1. The molecule has 1 amide bonds. The van der Waals surface area contributed by atoms with Crippen LogP contribution in [0.3, 0.4) is 0 Å². The third kappa shape index (κ3) is 3.83. The normalized spacial score (nSPS) is 15.3. The van der Waals surface area contributed by atoms with Crippen LogP contribution in [0.4, 0.5) is 4.39 Å². The van der Waals surface area contributed by atoms with Gasteiger partial charge < -0.3 is 14.7 Å². The standard InChI is InChI=1S/C18H20FNO3S/c1-23-11-13-8-9-24-17(13)18(22)20(15-6-7-15)10-16(21)12-2-4-14(19)5-3-12/h2-5,8-9,15-16,21H,6-7,10-11H2,1H3. The first-order chi connectivity index (χ1) is 11.6. The van der Waals surface area contributed by atoms with Gasteiger partial charge in [-0.05, 0) is 42.0 Å². The first-order valence-electron chi connectivity index (χ1n) is 7.90. The second-order valence-electron chi connectivity index (χ2n) is 5.96. The molecule has 0 aliphatic heterocycles.